The molecule has 0 unspecified atom stereocenters. The molecule has 2 N–H and O–H groups in total. The molecule has 0 aliphatic carbocycles. The summed E-state index contributed by atoms with van der Waals surface area (Å²) in [6.07, 6.45) is 0. The number of methoxy groups -OCH3 is 2. The topological polar surface area (TPSA) is 76.7 Å². The molecule has 138 valence electrons. The van der Waals surface area contributed by atoms with Crippen molar-refractivity contribution in [2.75, 3.05) is 24.9 Å². The number of aryl methyl sites for hydroxylation is 2. The van der Waals surface area contributed by atoms with Crippen LogP contribution in [0.1, 0.15) is 36.7 Å². The number of benzene rings is 1. The Bertz CT molecular complexity index is 854. The van der Waals surface area contributed by atoms with Crippen LogP contribution < -0.4 is 10.6 Å². The first-order chi connectivity index (χ1) is 12.3. The normalized spacial score (nSPS) is 10.2. The third kappa shape index (κ3) is 4.39. The lowest BCUT2D eigenvalue weighted by Gasteiger charge is -2.12. The minimum absolute atomic E-state index is 0.266. The lowest BCUT2D eigenvalue weighted by Crippen LogP contribution is -2.20. The standard InChI is InChI=1S/C18H20N2O4S2/c1-9-6-10(2)8-12(7-9)19-18(25)20-15-13(16(21)23-4)11(3)14(26-15)17(22)24-5/h6-8H,1-5H3,(H2,19,20,25). The predicted molar refractivity (Wildman–Crippen MR) is 107 cm³/mol. The van der Waals surface area contributed by atoms with Gasteiger partial charge in [0.1, 0.15) is 9.88 Å². The minimum Gasteiger partial charge on any atom is -0.465 e. The molecule has 0 fully saturated rings. The van der Waals surface area contributed by atoms with Gasteiger partial charge < -0.3 is 20.1 Å². The van der Waals surface area contributed by atoms with Crippen molar-refractivity contribution < 1.29 is 19.1 Å². The largest absolute Gasteiger partial charge is 0.465 e. The number of hydrogen-bond donors (Lipinski definition) is 2. The maximum Gasteiger partial charge on any atom is 0.348 e. The number of rotatable bonds is 4. The van der Waals surface area contributed by atoms with E-state index in [1.165, 1.54) is 14.2 Å². The number of esters is 2. The highest BCUT2D eigenvalue weighted by molar-refractivity contribution is 7.80. The van der Waals surface area contributed by atoms with Gasteiger partial charge in [-0.2, -0.15) is 0 Å². The molecule has 1 aromatic carbocycles. The van der Waals surface area contributed by atoms with Crippen molar-refractivity contribution in [2.45, 2.75) is 20.8 Å². The van der Waals surface area contributed by atoms with Crippen molar-refractivity contribution >= 4 is 51.3 Å². The molecule has 26 heavy (non-hydrogen) atoms. The van der Waals surface area contributed by atoms with E-state index in [4.69, 9.17) is 21.7 Å². The van der Waals surface area contributed by atoms with Gasteiger partial charge in [-0.05, 0) is 61.8 Å². The maximum absolute atomic E-state index is 12.1. The van der Waals surface area contributed by atoms with Crippen LogP contribution >= 0.6 is 23.6 Å². The van der Waals surface area contributed by atoms with Gasteiger partial charge in [-0.25, -0.2) is 9.59 Å². The molecule has 0 saturated carbocycles. The Balaban J connectivity index is 2.31. The fourth-order valence-corrected chi connectivity index (χ4v) is 3.95. The molecule has 0 spiro atoms. The number of thiophene rings is 1. The van der Waals surface area contributed by atoms with E-state index in [-0.39, 0.29) is 5.56 Å². The molecule has 6 nitrogen and oxygen atoms in total. The molecule has 2 aromatic rings. The molecule has 0 aliphatic heterocycles. The van der Waals surface area contributed by atoms with Crippen molar-refractivity contribution in [2.24, 2.45) is 0 Å². The number of ether oxygens (including phenoxy) is 2. The molecular weight excluding hydrogens is 372 g/mol. The number of carbonyl (C=O) groups excluding carboxylic acids is 2. The quantitative estimate of drug-likeness (QED) is 0.600. The first kappa shape index (κ1) is 19.9. The summed E-state index contributed by atoms with van der Waals surface area (Å²) in [5.74, 6) is -1.07. The average Bonchev–Trinajstić information content (AvgIpc) is 2.88. The molecule has 8 heteroatoms. The van der Waals surface area contributed by atoms with Gasteiger partial charge in [-0.15, -0.1) is 11.3 Å². The molecule has 0 amide bonds. The Morgan fingerprint density at radius 2 is 1.54 bits per heavy atom. The molecule has 0 atom stereocenters. The smallest absolute Gasteiger partial charge is 0.348 e. The fourth-order valence-electron chi connectivity index (χ4n) is 2.55. The van der Waals surface area contributed by atoms with E-state index in [0.717, 1.165) is 28.2 Å². The number of nitrogens with one attached hydrogen (secondary N) is 2. The van der Waals surface area contributed by atoms with Crippen molar-refractivity contribution in [1.82, 2.24) is 0 Å². The second-order valence-electron chi connectivity index (χ2n) is 5.70. The van der Waals surface area contributed by atoms with Crippen LogP contribution in [0.2, 0.25) is 0 Å². The molecule has 1 aromatic heterocycles. The van der Waals surface area contributed by atoms with E-state index >= 15 is 0 Å². The van der Waals surface area contributed by atoms with E-state index in [2.05, 4.69) is 16.7 Å². The summed E-state index contributed by atoms with van der Waals surface area (Å²) >= 11 is 6.44. The van der Waals surface area contributed by atoms with Crippen molar-refractivity contribution in [1.29, 1.82) is 0 Å². The van der Waals surface area contributed by atoms with Crippen LogP contribution in [0.3, 0.4) is 0 Å². The van der Waals surface area contributed by atoms with Gasteiger partial charge in [0.15, 0.2) is 5.11 Å². The highest BCUT2D eigenvalue weighted by Crippen LogP contribution is 2.34. The molecular formula is C18H20N2O4S2. The Morgan fingerprint density at radius 3 is 2.08 bits per heavy atom. The summed E-state index contributed by atoms with van der Waals surface area (Å²) < 4.78 is 9.60. The molecule has 0 bridgehead atoms. The van der Waals surface area contributed by atoms with Gasteiger partial charge in [0.05, 0.1) is 19.8 Å². The summed E-state index contributed by atoms with van der Waals surface area (Å²) in [4.78, 5) is 24.4. The summed E-state index contributed by atoms with van der Waals surface area (Å²) in [7, 11) is 2.58. The predicted octanol–water partition coefficient (Wildman–Crippen LogP) is 4.06. The van der Waals surface area contributed by atoms with Crippen molar-refractivity contribution in [3.63, 3.8) is 0 Å². The van der Waals surface area contributed by atoms with Gasteiger partial charge in [0.2, 0.25) is 0 Å². The number of anilines is 2. The fraction of sp³-hybridized carbons (Fsp3) is 0.278. The Labute approximate surface area is 161 Å². The van der Waals surface area contributed by atoms with Gasteiger partial charge >= 0.3 is 11.9 Å². The van der Waals surface area contributed by atoms with Gasteiger partial charge in [0.25, 0.3) is 0 Å². The van der Waals surface area contributed by atoms with Crippen LogP contribution in [0.5, 0.6) is 0 Å². The van der Waals surface area contributed by atoms with Gasteiger partial charge in [-0.1, -0.05) is 6.07 Å². The summed E-state index contributed by atoms with van der Waals surface area (Å²) in [5, 5.41) is 6.80. The van der Waals surface area contributed by atoms with Crippen LogP contribution in [0.25, 0.3) is 0 Å². The Morgan fingerprint density at radius 1 is 0.962 bits per heavy atom. The zero-order valence-electron chi connectivity index (χ0n) is 15.2. The van der Waals surface area contributed by atoms with E-state index in [1.54, 1.807) is 6.92 Å². The SMILES string of the molecule is COC(=O)c1sc(NC(=S)Nc2cc(C)cc(C)c2)c(C(=O)OC)c1C. The molecule has 0 saturated heterocycles. The van der Waals surface area contributed by atoms with Crippen LogP contribution in [-0.2, 0) is 9.47 Å². The number of carbonyl (C=O) groups is 2. The molecule has 0 aliphatic rings. The Hall–Kier alpha value is -2.45. The molecule has 1 heterocycles. The van der Waals surface area contributed by atoms with E-state index in [0.29, 0.717) is 20.6 Å². The van der Waals surface area contributed by atoms with E-state index in [9.17, 15) is 9.59 Å². The number of hydrogen-bond acceptors (Lipinski definition) is 6. The summed E-state index contributed by atoms with van der Waals surface area (Å²) in [6.45, 7) is 5.66. The van der Waals surface area contributed by atoms with E-state index in [1.807, 2.05) is 26.0 Å². The zero-order chi connectivity index (χ0) is 19.4. The van der Waals surface area contributed by atoms with Crippen LogP contribution in [-0.4, -0.2) is 31.3 Å². The van der Waals surface area contributed by atoms with Crippen LogP contribution in [0.4, 0.5) is 10.7 Å². The van der Waals surface area contributed by atoms with Crippen LogP contribution in [0.15, 0.2) is 18.2 Å². The van der Waals surface area contributed by atoms with Crippen molar-refractivity contribution in [3.8, 4) is 0 Å². The van der Waals surface area contributed by atoms with Gasteiger partial charge in [-0.3, -0.25) is 0 Å². The second kappa shape index (κ2) is 8.29. The van der Waals surface area contributed by atoms with Crippen molar-refractivity contribution in [3.05, 3.63) is 45.3 Å². The third-order valence-electron chi connectivity index (χ3n) is 3.61. The molecule has 2 rings (SSSR count). The van der Waals surface area contributed by atoms with Crippen LogP contribution in [0, 0.1) is 20.8 Å². The highest BCUT2D eigenvalue weighted by Gasteiger charge is 2.26. The summed E-state index contributed by atoms with van der Waals surface area (Å²) in [6, 6.07) is 5.98. The van der Waals surface area contributed by atoms with E-state index < -0.39 is 11.9 Å². The highest BCUT2D eigenvalue weighted by atomic mass is 32.1. The first-order valence-electron chi connectivity index (χ1n) is 7.73. The minimum atomic E-state index is -0.550. The third-order valence-corrected chi connectivity index (χ3v) is 5.01. The average molecular weight is 393 g/mol. The second-order valence-corrected chi connectivity index (χ2v) is 7.13. The summed E-state index contributed by atoms with van der Waals surface area (Å²) in [5.41, 5.74) is 3.80. The number of thiocarbonyl (C=S) groups is 1. The molecule has 0 radical (unpaired) electrons. The lowest BCUT2D eigenvalue weighted by atomic mass is 10.1. The Kier molecular flexibility index (Phi) is 6.33. The first-order valence-corrected chi connectivity index (χ1v) is 8.95. The zero-order valence-corrected chi connectivity index (χ0v) is 16.8. The lowest BCUT2D eigenvalue weighted by molar-refractivity contribution is 0.0601. The van der Waals surface area contributed by atoms with Gasteiger partial charge in [0, 0.05) is 5.69 Å². The maximum atomic E-state index is 12.1. The monoisotopic (exact) mass is 392 g/mol.